The lowest BCUT2D eigenvalue weighted by Crippen LogP contribution is -2.34. The number of anilines is 1. The van der Waals surface area contributed by atoms with E-state index in [4.69, 9.17) is 4.74 Å². The van der Waals surface area contributed by atoms with Gasteiger partial charge in [0.15, 0.2) is 0 Å². The van der Waals surface area contributed by atoms with Crippen molar-refractivity contribution in [2.75, 3.05) is 18.0 Å². The van der Waals surface area contributed by atoms with Crippen LogP contribution in [0, 0.1) is 0 Å². The first-order valence-electron chi connectivity index (χ1n) is 11.4. The molecule has 3 aromatic rings. The van der Waals surface area contributed by atoms with Gasteiger partial charge in [0.05, 0.1) is 12.5 Å². The standard InChI is InChI=1S/C27H32N2O3/c1-18(2)32-26-16-23(12-11-21(26)15-27(30)31)29-14-13-22(17-29)28-19(3)24-10-6-8-20-7-4-5-9-25(20)24/h4-12,16,18-19,22,28H,13-15,17H2,1-3H3,(H,30,31)/t19-,22+/m1/s1. The highest BCUT2D eigenvalue weighted by Crippen LogP contribution is 2.31. The van der Waals surface area contributed by atoms with Crippen molar-refractivity contribution in [2.24, 2.45) is 0 Å². The monoisotopic (exact) mass is 432 g/mol. The Morgan fingerprint density at radius 1 is 1.12 bits per heavy atom. The summed E-state index contributed by atoms with van der Waals surface area (Å²) in [6, 6.07) is 21.6. The van der Waals surface area contributed by atoms with Crippen LogP contribution in [0.5, 0.6) is 5.75 Å². The van der Waals surface area contributed by atoms with Gasteiger partial charge in [0.25, 0.3) is 0 Å². The number of benzene rings is 3. The lowest BCUT2D eigenvalue weighted by atomic mass is 9.99. The summed E-state index contributed by atoms with van der Waals surface area (Å²) in [5, 5.41) is 15.6. The van der Waals surface area contributed by atoms with E-state index >= 15 is 0 Å². The minimum atomic E-state index is -0.848. The molecule has 32 heavy (non-hydrogen) atoms. The molecule has 168 valence electrons. The summed E-state index contributed by atoms with van der Waals surface area (Å²) in [7, 11) is 0. The first kappa shape index (κ1) is 22.2. The number of hydrogen-bond donors (Lipinski definition) is 2. The van der Waals surface area contributed by atoms with E-state index < -0.39 is 5.97 Å². The van der Waals surface area contributed by atoms with Crippen LogP contribution in [0.2, 0.25) is 0 Å². The molecule has 5 nitrogen and oxygen atoms in total. The fourth-order valence-electron chi connectivity index (χ4n) is 4.61. The minimum absolute atomic E-state index is 0.00710. The lowest BCUT2D eigenvalue weighted by Gasteiger charge is -2.24. The Bertz CT molecular complexity index is 1090. The molecule has 1 aliphatic rings. The molecule has 1 aliphatic heterocycles. The second kappa shape index (κ2) is 9.61. The van der Waals surface area contributed by atoms with Gasteiger partial charge in [0, 0.05) is 42.5 Å². The molecule has 1 heterocycles. The van der Waals surface area contributed by atoms with Crippen molar-refractivity contribution in [3.63, 3.8) is 0 Å². The molecule has 0 spiro atoms. The largest absolute Gasteiger partial charge is 0.491 e. The number of carboxylic acid groups (broad SMARTS) is 1. The van der Waals surface area contributed by atoms with E-state index in [0.29, 0.717) is 17.4 Å². The van der Waals surface area contributed by atoms with Gasteiger partial charge >= 0.3 is 5.97 Å². The number of carbonyl (C=O) groups is 1. The number of nitrogens with one attached hydrogen (secondary N) is 1. The average molecular weight is 433 g/mol. The molecule has 0 saturated carbocycles. The van der Waals surface area contributed by atoms with Crippen LogP contribution in [0.15, 0.2) is 60.7 Å². The summed E-state index contributed by atoms with van der Waals surface area (Å²) >= 11 is 0. The molecular weight excluding hydrogens is 400 g/mol. The lowest BCUT2D eigenvalue weighted by molar-refractivity contribution is -0.136. The highest BCUT2D eigenvalue weighted by Gasteiger charge is 2.25. The van der Waals surface area contributed by atoms with Crippen LogP contribution in [-0.4, -0.2) is 36.3 Å². The van der Waals surface area contributed by atoms with Gasteiger partial charge in [-0.1, -0.05) is 48.5 Å². The first-order valence-corrected chi connectivity index (χ1v) is 11.4. The summed E-state index contributed by atoms with van der Waals surface area (Å²) in [6.07, 6.45) is 1.02. The van der Waals surface area contributed by atoms with Crippen LogP contribution in [-0.2, 0) is 11.2 Å². The molecule has 4 rings (SSSR count). The maximum absolute atomic E-state index is 11.2. The zero-order chi connectivity index (χ0) is 22.7. The highest BCUT2D eigenvalue weighted by atomic mass is 16.5. The predicted molar refractivity (Wildman–Crippen MR) is 130 cm³/mol. The Labute approximate surface area is 190 Å². The van der Waals surface area contributed by atoms with Gasteiger partial charge < -0.3 is 20.1 Å². The second-order valence-corrected chi connectivity index (χ2v) is 8.92. The summed E-state index contributed by atoms with van der Waals surface area (Å²) in [5.74, 6) is -0.181. The Balaban J connectivity index is 1.46. The van der Waals surface area contributed by atoms with Crippen LogP contribution in [0.3, 0.4) is 0 Å². The molecule has 2 atom stereocenters. The molecule has 0 amide bonds. The van der Waals surface area contributed by atoms with E-state index in [9.17, 15) is 9.90 Å². The third-order valence-corrected chi connectivity index (χ3v) is 6.08. The third kappa shape index (κ3) is 5.05. The first-order chi connectivity index (χ1) is 15.4. The van der Waals surface area contributed by atoms with Crippen molar-refractivity contribution in [2.45, 2.75) is 51.8 Å². The van der Waals surface area contributed by atoms with Gasteiger partial charge in [-0.05, 0) is 49.6 Å². The van der Waals surface area contributed by atoms with Crippen molar-refractivity contribution < 1.29 is 14.6 Å². The summed E-state index contributed by atoms with van der Waals surface area (Å²) < 4.78 is 5.93. The Kier molecular flexibility index (Phi) is 6.66. The number of fused-ring (bicyclic) bond motifs is 1. The van der Waals surface area contributed by atoms with E-state index in [1.165, 1.54) is 16.3 Å². The summed E-state index contributed by atoms with van der Waals surface area (Å²) in [5.41, 5.74) is 3.12. The van der Waals surface area contributed by atoms with E-state index in [-0.39, 0.29) is 18.6 Å². The molecular formula is C27H32N2O3. The van der Waals surface area contributed by atoms with Crippen LogP contribution >= 0.6 is 0 Å². The van der Waals surface area contributed by atoms with E-state index in [1.54, 1.807) is 0 Å². The fourth-order valence-corrected chi connectivity index (χ4v) is 4.61. The molecule has 0 aromatic heterocycles. The smallest absolute Gasteiger partial charge is 0.307 e. The number of aliphatic carboxylic acids is 1. The molecule has 1 saturated heterocycles. The normalized spacial score (nSPS) is 17.1. The zero-order valence-electron chi connectivity index (χ0n) is 19.0. The van der Waals surface area contributed by atoms with E-state index in [0.717, 1.165) is 25.2 Å². The Hall–Kier alpha value is -3.05. The zero-order valence-corrected chi connectivity index (χ0v) is 19.0. The molecule has 0 radical (unpaired) electrons. The molecule has 2 N–H and O–H groups in total. The van der Waals surface area contributed by atoms with Gasteiger partial charge in [-0.3, -0.25) is 4.79 Å². The number of rotatable bonds is 8. The number of nitrogens with zero attached hydrogens (tertiary/aromatic N) is 1. The van der Waals surface area contributed by atoms with Crippen molar-refractivity contribution >= 4 is 22.4 Å². The van der Waals surface area contributed by atoms with Gasteiger partial charge in [-0.15, -0.1) is 0 Å². The molecule has 0 unspecified atom stereocenters. The second-order valence-electron chi connectivity index (χ2n) is 8.92. The molecule has 1 fully saturated rings. The topological polar surface area (TPSA) is 61.8 Å². The van der Waals surface area contributed by atoms with Crippen LogP contribution in [0.1, 0.15) is 44.4 Å². The number of carboxylic acids is 1. The van der Waals surface area contributed by atoms with Gasteiger partial charge in [-0.2, -0.15) is 0 Å². The predicted octanol–water partition coefficient (Wildman–Crippen LogP) is 5.18. The Morgan fingerprint density at radius 3 is 2.69 bits per heavy atom. The van der Waals surface area contributed by atoms with Crippen LogP contribution in [0.25, 0.3) is 10.8 Å². The molecule has 0 bridgehead atoms. The number of hydrogen-bond acceptors (Lipinski definition) is 4. The van der Waals surface area contributed by atoms with Crippen molar-refractivity contribution in [3.8, 4) is 5.75 Å². The van der Waals surface area contributed by atoms with Crippen LogP contribution in [0.4, 0.5) is 5.69 Å². The minimum Gasteiger partial charge on any atom is -0.491 e. The molecule has 0 aliphatic carbocycles. The average Bonchev–Trinajstić information content (AvgIpc) is 3.22. The fraction of sp³-hybridized carbons (Fsp3) is 0.370. The van der Waals surface area contributed by atoms with E-state index in [2.05, 4.69) is 59.6 Å². The van der Waals surface area contributed by atoms with Crippen molar-refractivity contribution in [3.05, 3.63) is 71.8 Å². The maximum atomic E-state index is 11.2. The third-order valence-electron chi connectivity index (χ3n) is 6.08. The number of ether oxygens (including phenoxy) is 1. The Morgan fingerprint density at radius 2 is 1.91 bits per heavy atom. The van der Waals surface area contributed by atoms with Crippen molar-refractivity contribution in [1.82, 2.24) is 5.32 Å². The van der Waals surface area contributed by atoms with Gasteiger partial charge in [-0.25, -0.2) is 0 Å². The van der Waals surface area contributed by atoms with Crippen LogP contribution < -0.4 is 15.0 Å². The summed E-state index contributed by atoms with van der Waals surface area (Å²) in [6.45, 7) is 8.02. The van der Waals surface area contributed by atoms with E-state index in [1.807, 2.05) is 32.0 Å². The molecule has 3 aromatic carbocycles. The van der Waals surface area contributed by atoms with Gasteiger partial charge in [0.1, 0.15) is 5.75 Å². The SMILES string of the molecule is CC(C)Oc1cc(N2CC[C@H](N[C@H](C)c3cccc4ccccc34)C2)ccc1CC(=O)O. The molecule has 5 heteroatoms. The van der Waals surface area contributed by atoms with Gasteiger partial charge in [0.2, 0.25) is 0 Å². The summed E-state index contributed by atoms with van der Waals surface area (Å²) in [4.78, 5) is 13.6. The highest BCUT2D eigenvalue weighted by molar-refractivity contribution is 5.86. The maximum Gasteiger partial charge on any atom is 0.307 e. The quantitative estimate of drug-likeness (QED) is 0.513. The van der Waals surface area contributed by atoms with Crippen molar-refractivity contribution in [1.29, 1.82) is 0 Å².